The molecule has 1 aromatic heterocycles. The molecule has 0 aromatic carbocycles. The van der Waals surface area contributed by atoms with Crippen molar-refractivity contribution in [2.24, 2.45) is 0 Å². The van der Waals surface area contributed by atoms with Crippen LogP contribution in [0.15, 0.2) is 18.5 Å². The normalized spacial score (nSPS) is 16.5. The Hall–Kier alpha value is -0.740. The largest absolute Gasteiger partial charge is 0.337 e. The first-order chi connectivity index (χ1) is 7.29. The molecular formula is C10H11ClN2OS. The van der Waals surface area contributed by atoms with Crippen molar-refractivity contribution >= 4 is 29.3 Å². The van der Waals surface area contributed by atoms with Crippen LogP contribution in [0, 0.1) is 0 Å². The minimum atomic E-state index is 0.0164. The number of thioether (sulfide) groups is 1. The molecular weight excluding hydrogens is 232 g/mol. The van der Waals surface area contributed by atoms with E-state index in [9.17, 15) is 4.79 Å². The first-order valence-corrected chi connectivity index (χ1v) is 6.29. The molecule has 1 amide bonds. The monoisotopic (exact) mass is 242 g/mol. The van der Waals surface area contributed by atoms with Gasteiger partial charge in [0.25, 0.3) is 5.91 Å². The highest BCUT2D eigenvalue weighted by molar-refractivity contribution is 7.99. The first kappa shape index (κ1) is 10.8. The second kappa shape index (κ2) is 4.86. The van der Waals surface area contributed by atoms with Gasteiger partial charge in [0.15, 0.2) is 0 Å². The zero-order valence-corrected chi connectivity index (χ0v) is 9.72. The van der Waals surface area contributed by atoms with E-state index in [4.69, 9.17) is 11.6 Å². The fourth-order valence-electron chi connectivity index (χ4n) is 1.49. The number of aromatic nitrogens is 1. The number of carbonyl (C=O) groups is 1. The minimum Gasteiger partial charge on any atom is -0.337 e. The van der Waals surface area contributed by atoms with Crippen molar-refractivity contribution < 1.29 is 4.79 Å². The van der Waals surface area contributed by atoms with Crippen LogP contribution >= 0.6 is 23.4 Å². The lowest BCUT2D eigenvalue weighted by atomic mass is 10.2. The van der Waals surface area contributed by atoms with Crippen LogP contribution in [-0.4, -0.2) is 40.4 Å². The van der Waals surface area contributed by atoms with E-state index in [1.54, 1.807) is 12.3 Å². The number of halogens is 1. The Bertz CT molecular complexity index is 366. The molecule has 5 heteroatoms. The highest BCUT2D eigenvalue weighted by Gasteiger charge is 2.20. The predicted octanol–water partition coefficient (Wildman–Crippen LogP) is 1.92. The van der Waals surface area contributed by atoms with Crippen molar-refractivity contribution in [1.29, 1.82) is 0 Å². The summed E-state index contributed by atoms with van der Waals surface area (Å²) in [5.41, 5.74) is 0.554. The van der Waals surface area contributed by atoms with E-state index < -0.39 is 0 Å². The maximum absolute atomic E-state index is 12.0. The second-order valence-corrected chi connectivity index (χ2v) is 4.89. The van der Waals surface area contributed by atoms with Gasteiger partial charge in [-0.15, -0.1) is 0 Å². The van der Waals surface area contributed by atoms with Crippen LogP contribution in [-0.2, 0) is 0 Å². The molecule has 1 fully saturated rings. The molecule has 1 saturated heterocycles. The van der Waals surface area contributed by atoms with Gasteiger partial charge in [-0.2, -0.15) is 11.8 Å². The smallest absolute Gasteiger partial charge is 0.255 e. The SMILES string of the molecule is O=C(c1ccncc1Cl)N1CCSCC1. The molecule has 80 valence electrons. The predicted molar refractivity (Wildman–Crippen MR) is 62.5 cm³/mol. The zero-order chi connectivity index (χ0) is 10.7. The number of hydrogen-bond acceptors (Lipinski definition) is 3. The summed E-state index contributed by atoms with van der Waals surface area (Å²) in [5, 5.41) is 0.431. The molecule has 0 bridgehead atoms. The highest BCUT2D eigenvalue weighted by atomic mass is 35.5. The maximum Gasteiger partial charge on any atom is 0.255 e. The molecule has 0 saturated carbocycles. The van der Waals surface area contributed by atoms with E-state index in [1.807, 2.05) is 16.7 Å². The van der Waals surface area contributed by atoms with Crippen molar-refractivity contribution in [3.05, 3.63) is 29.0 Å². The molecule has 0 N–H and O–H groups in total. The third-order valence-electron chi connectivity index (χ3n) is 2.30. The third-order valence-corrected chi connectivity index (χ3v) is 3.54. The van der Waals surface area contributed by atoms with Crippen molar-refractivity contribution in [1.82, 2.24) is 9.88 Å². The van der Waals surface area contributed by atoms with Crippen LogP contribution in [0.3, 0.4) is 0 Å². The topological polar surface area (TPSA) is 33.2 Å². The molecule has 0 unspecified atom stereocenters. The Morgan fingerprint density at radius 3 is 2.87 bits per heavy atom. The van der Waals surface area contributed by atoms with Gasteiger partial charge in [-0.25, -0.2) is 0 Å². The summed E-state index contributed by atoms with van der Waals surface area (Å²) < 4.78 is 0. The first-order valence-electron chi connectivity index (χ1n) is 4.75. The van der Waals surface area contributed by atoms with Crippen molar-refractivity contribution in [3.63, 3.8) is 0 Å². The number of hydrogen-bond donors (Lipinski definition) is 0. The molecule has 1 aliphatic rings. The Morgan fingerprint density at radius 2 is 2.20 bits per heavy atom. The van der Waals surface area contributed by atoms with Crippen LogP contribution in [0.1, 0.15) is 10.4 Å². The maximum atomic E-state index is 12.0. The lowest BCUT2D eigenvalue weighted by molar-refractivity contribution is 0.0772. The zero-order valence-electron chi connectivity index (χ0n) is 8.15. The standard InChI is InChI=1S/C10H11ClN2OS/c11-9-7-12-2-1-8(9)10(14)13-3-5-15-6-4-13/h1-2,7H,3-6H2. The van der Waals surface area contributed by atoms with Gasteiger partial charge in [-0.3, -0.25) is 9.78 Å². The molecule has 0 radical (unpaired) electrons. The number of rotatable bonds is 1. The van der Waals surface area contributed by atoms with Gasteiger partial charge >= 0.3 is 0 Å². The van der Waals surface area contributed by atoms with E-state index in [2.05, 4.69) is 4.98 Å². The number of nitrogens with zero attached hydrogens (tertiary/aromatic N) is 2. The van der Waals surface area contributed by atoms with Crippen LogP contribution < -0.4 is 0 Å². The number of amides is 1. The van der Waals surface area contributed by atoms with Gasteiger partial charge in [0.05, 0.1) is 10.6 Å². The fourth-order valence-corrected chi connectivity index (χ4v) is 2.59. The molecule has 0 aliphatic carbocycles. The summed E-state index contributed by atoms with van der Waals surface area (Å²) in [6, 6.07) is 1.67. The minimum absolute atomic E-state index is 0.0164. The average Bonchev–Trinajstić information content (AvgIpc) is 2.30. The quantitative estimate of drug-likeness (QED) is 0.755. The molecule has 2 rings (SSSR count). The summed E-state index contributed by atoms with van der Waals surface area (Å²) in [6.45, 7) is 1.62. The summed E-state index contributed by atoms with van der Waals surface area (Å²) in [4.78, 5) is 17.7. The third kappa shape index (κ3) is 2.44. The van der Waals surface area contributed by atoms with Gasteiger partial charge in [0.1, 0.15) is 0 Å². The van der Waals surface area contributed by atoms with Gasteiger partial charge in [-0.1, -0.05) is 11.6 Å². The van der Waals surface area contributed by atoms with Crippen LogP contribution in [0.2, 0.25) is 5.02 Å². The van der Waals surface area contributed by atoms with Gasteiger partial charge in [-0.05, 0) is 6.07 Å². The number of pyridine rings is 1. The highest BCUT2D eigenvalue weighted by Crippen LogP contribution is 2.18. The van der Waals surface area contributed by atoms with Crippen LogP contribution in [0.25, 0.3) is 0 Å². The second-order valence-electron chi connectivity index (χ2n) is 3.26. The average molecular weight is 243 g/mol. The van der Waals surface area contributed by atoms with Crippen LogP contribution in [0.5, 0.6) is 0 Å². The summed E-state index contributed by atoms with van der Waals surface area (Å²) in [7, 11) is 0. The Balaban J connectivity index is 2.16. The van der Waals surface area contributed by atoms with E-state index >= 15 is 0 Å². The van der Waals surface area contributed by atoms with Crippen LogP contribution in [0.4, 0.5) is 0 Å². The van der Waals surface area contributed by atoms with Gasteiger partial charge in [0, 0.05) is 37.0 Å². The van der Waals surface area contributed by atoms with Crippen molar-refractivity contribution in [2.75, 3.05) is 24.6 Å². The lowest BCUT2D eigenvalue weighted by Gasteiger charge is -2.26. The molecule has 1 aromatic rings. The Labute approximate surface area is 97.8 Å². The molecule has 0 spiro atoms. The fraction of sp³-hybridized carbons (Fsp3) is 0.400. The summed E-state index contributed by atoms with van der Waals surface area (Å²) in [6.07, 6.45) is 3.10. The Kier molecular flexibility index (Phi) is 3.49. The van der Waals surface area contributed by atoms with Crippen molar-refractivity contribution in [2.45, 2.75) is 0 Å². The molecule has 0 atom stereocenters. The van der Waals surface area contributed by atoms with E-state index in [1.165, 1.54) is 6.20 Å². The summed E-state index contributed by atoms with van der Waals surface area (Å²) >= 11 is 7.80. The van der Waals surface area contributed by atoms with E-state index in [-0.39, 0.29) is 5.91 Å². The van der Waals surface area contributed by atoms with E-state index in [0.29, 0.717) is 10.6 Å². The molecule has 2 heterocycles. The molecule has 15 heavy (non-hydrogen) atoms. The molecule has 3 nitrogen and oxygen atoms in total. The van der Waals surface area contributed by atoms with Gasteiger partial charge in [0.2, 0.25) is 0 Å². The number of carbonyl (C=O) groups excluding carboxylic acids is 1. The molecule has 1 aliphatic heterocycles. The van der Waals surface area contributed by atoms with E-state index in [0.717, 1.165) is 24.6 Å². The Morgan fingerprint density at radius 1 is 1.47 bits per heavy atom. The van der Waals surface area contributed by atoms with Crippen molar-refractivity contribution in [3.8, 4) is 0 Å². The van der Waals surface area contributed by atoms with Gasteiger partial charge < -0.3 is 4.90 Å². The lowest BCUT2D eigenvalue weighted by Crippen LogP contribution is -2.38. The summed E-state index contributed by atoms with van der Waals surface area (Å²) in [5.74, 6) is 2.03.